The fourth-order valence-corrected chi connectivity index (χ4v) is 12.6. The molecule has 1 saturated heterocycles. The van der Waals surface area contributed by atoms with Gasteiger partial charge in [0.15, 0.2) is 6.20 Å². The van der Waals surface area contributed by atoms with Gasteiger partial charge in [0.2, 0.25) is 5.69 Å². The van der Waals surface area contributed by atoms with Crippen LogP contribution in [0, 0.1) is 12.3 Å². The number of aryl methyl sites for hydroxylation is 1. The highest BCUT2D eigenvalue weighted by Gasteiger charge is 2.38. The van der Waals surface area contributed by atoms with Crippen LogP contribution in [-0.4, -0.2) is 8.07 Å². The Labute approximate surface area is 239 Å². The summed E-state index contributed by atoms with van der Waals surface area (Å²) in [6.45, 7) is 10.0. The molecule has 0 radical (unpaired) electrons. The molecule has 0 atom stereocenters. The van der Waals surface area contributed by atoms with Crippen LogP contribution in [0.5, 0.6) is 0 Å². The van der Waals surface area contributed by atoms with Crippen LogP contribution in [0.25, 0.3) is 22.0 Å². The molecule has 6 rings (SSSR count). The van der Waals surface area contributed by atoms with E-state index in [4.69, 9.17) is 0 Å². The van der Waals surface area contributed by atoms with Gasteiger partial charge in [-0.05, 0) is 84.1 Å². The van der Waals surface area contributed by atoms with E-state index < -0.39 is 8.07 Å². The Kier molecular flexibility index (Phi) is 7.55. The molecule has 39 heavy (non-hydrogen) atoms. The fraction of sp³-hybridized carbons (Fsp3) is 0.595. The summed E-state index contributed by atoms with van der Waals surface area (Å²) in [7, 11) is 0.863. The van der Waals surface area contributed by atoms with Crippen LogP contribution in [0.4, 0.5) is 0 Å². The monoisotopic (exact) mass is 538 g/mol. The van der Waals surface area contributed by atoms with Gasteiger partial charge in [0.25, 0.3) is 0 Å². The molecule has 3 aliphatic rings. The van der Waals surface area contributed by atoms with Crippen molar-refractivity contribution in [2.45, 2.75) is 128 Å². The second-order valence-corrected chi connectivity index (χ2v) is 19.5. The number of benzene rings is 2. The van der Waals surface area contributed by atoms with E-state index in [1.54, 1.807) is 21.9 Å². The van der Waals surface area contributed by atoms with Gasteiger partial charge in [-0.25, -0.2) is 4.57 Å². The molecule has 2 heteroatoms. The van der Waals surface area contributed by atoms with Crippen molar-refractivity contribution in [1.82, 2.24) is 0 Å². The summed E-state index contributed by atoms with van der Waals surface area (Å²) in [5, 5.41) is 4.57. The first-order valence-electron chi connectivity index (χ1n) is 16.3. The number of fused-ring (bicyclic) bond motifs is 1. The van der Waals surface area contributed by atoms with Gasteiger partial charge in [-0.15, -0.1) is 0 Å². The third-order valence-electron chi connectivity index (χ3n) is 11.4. The molecule has 0 spiro atoms. The first-order valence-corrected chi connectivity index (χ1v) is 19.2. The summed E-state index contributed by atoms with van der Waals surface area (Å²) in [4.78, 5) is 0. The Morgan fingerprint density at radius 2 is 1.44 bits per heavy atom. The summed E-state index contributed by atoms with van der Waals surface area (Å²) in [5.74, 6) is 1.49. The number of pyridine rings is 1. The second-order valence-electron chi connectivity index (χ2n) is 14.8. The lowest BCUT2D eigenvalue weighted by Crippen LogP contribution is -2.48. The molecule has 2 aliphatic carbocycles. The van der Waals surface area contributed by atoms with Gasteiger partial charge in [-0.3, -0.25) is 0 Å². The lowest BCUT2D eigenvalue weighted by Gasteiger charge is -2.40. The largest absolute Gasteiger partial charge is 0.220 e. The van der Waals surface area contributed by atoms with Crippen LogP contribution < -0.4 is 9.75 Å². The van der Waals surface area contributed by atoms with Crippen LogP contribution >= 0.6 is 0 Å². The third-order valence-corrected chi connectivity index (χ3v) is 15.8. The van der Waals surface area contributed by atoms with Crippen LogP contribution in [0.1, 0.15) is 119 Å². The summed E-state index contributed by atoms with van der Waals surface area (Å²) in [6, 6.07) is 18.2. The minimum Gasteiger partial charge on any atom is -0.200 e. The summed E-state index contributed by atoms with van der Waals surface area (Å²) >= 11 is 0. The van der Waals surface area contributed by atoms with E-state index in [9.17, 15) is 0 Å². The first kappa shape index (κ1) is 27.2. The van der Waals surface area contributed by atoms with Crippen molar-refractivity contribution in [1.29, 1.82) is 0 Å². The zero-order chi connectivity index (χ0) is 27.2. The Morgan fingerprint density at radius 3 is 2.10 bits per heavy atom. The molecule has 2 heterocycles. The van der Waals surface area contributed by atoms with E-state index in [0.29, 0.717) is 5.41 Å². The molecule has 3 fully saturated rings. The van der Waals surface area contributed by atoms with Gasteiger partial charge in [-0.1, -0.05) is 107 Å². The molecule has 1 aliphatic heterocycles. The zero-order valence-electron chi connectivity index (χ0n) is 25.5. The van der Waals surface area contributed by atoms with Gasteiger partial charge in [0.1, 0.15) is 7.05 Å². The highest BCUT2D eigenvalue weighted by atomic mass is 28.3. The second kappa shape index (κ2) is 10.8. The van der Waals surface area contributed by atoms with Crippen molar-refractivity contribution in [3.05, 3.63) is 59.3 Å². The van der Waals surface area contributed by atoms with E-state index in [1.165, 1.54) is 111 Å². The number of rotatable bonds is 4. The highest BCUT2D eigenvalue weighted by Crippen LogP contribution is 2.43. The maximum Gasteiger partial charge on any atom is 0.220 e. The topological polar surface area (TPSA) is 3.88 Å². The van der Waals surface area contributed by atoms with E-state index in [1.807, 2.05) is 0 Å². The van der Waals surface area contributed by atoms with Gasteiger partial charge < -0.3 is 0 Å². The fourth-order valence-electron chi connectivity index (χ4n) is 8.37. The summed E-state index contributed by atoms with van der Waals surface area (Å²) in [5.41, 5.74) is 8.32. The van der Waals surface area contributed by atoms with E-state index >= 15 is 0 Å². The predicted octanol–water partition coefficient (Wildman–Crippen LogP) is 9.84. The van der Waals surface area contributed by atoms with Crippen LogP contribution in [-0.2, 0) is 7.05 Å². The van der Waals surface area contributed by atoms with Gasteiger partial charge in [0.05, 0.1) is 19.0 Å². The maximum atomic E-state index is 2.67. The Balaban J connectivity index is 1.47. The lowest BCUT2D eigenvalue weighted by molar-refractivity contribution is -0.659. The van der Waals surface area contributed by atoms with Crippen molar-refractivity contribution in [3.63, 3.8) is 0 Å². The Morgan fingerprint density at radius 1 is 0.795 bits per heavy atom. The van der Waals surface area contributed by atoms with Gasteiger partial charge in [0, 0.05) is 6.07 Å². The summed E-state index contributed by atoms with van der Waals surface area (Å²) in [6.07, 6.45) is 19.1. The molecule has 0 bridgehead atoms. The molecule has 1 aromatic heterocycles. The molecular formula is C37H52NSi+. The van der Waals surface area contributed by atoms with Crippen LogP contribution in [0.3, 0.4) is 0 Å². The average Bonchev–Trinajstić information content (AvgIpc) is 2.96. The quantitative estimate of drug-likeness (QED) is 0.230. The predicted molar refractivity (Wildman–Crippen MR) is 171 cm³/mol. The molecule has 1 nitrogen and oxygen atoms in total. The first-order chi connectivity index (χ1) is 18.7. The van der Waals surface area contributed by atoms with Crippen molar-refractivity contribution in [2.75, 3.05) is 0 Å². The average molecular weight is 539 g/mol. The van der Waals surface area contributed by atoms with E-state index in [-0.39, 0.29) is 0 Å². The number of aromatic nitrogens is 1. The minimum absolute atomic E-state index is 0.529. The highest BCUT2D eigenvalue weighted by molar-refractivity contribution is 6.91. The Bertz CT molecular complexity index is 1330. The van der Waals surface area contributed by atoms with E-state index in [0.717, 1.165) is 11.8 Å². The summed E-state index contributed by atoms with van der Waals surface area (Å²) < 4.78 is 2.42. The van der Waals surface area contributed by atoms with Gasteiger partial charge in [-0.2, -0.15) is 0 Å². The molecular weight excluding hydrogens is 487 g/mol. The smallest absolute Gasteiger partial charge is 0.200 e. The molecule has 0 N–H and O–H groups in total. The number of hydrogen-bond acceptors (Lipinski definition) is 0. The van der Waals surface area contributed by atoms with Gasteiger partial charge >= 0.3 is 0 Å². The zero-order valence-corrected chi connectivity index (χ0v) is 26.5. The van der Waals surface area contributed by atoms with Crippen molar-refractivity contribution < 1.29 is 4.57 Å². The molecule has 3 aromatic rings. The number of hydrogen-bond donors (Lipinski definition) is 0. The SMILES string of the molecule is Cc1c(-c2c3ccc([Si]4(C)CCC(C)(C)CC4)cc3cc[n+]2C)cc(C2CCCCC2)cc1C1CCCCC1. The Hall–Kier alpha value is -1.93. The van der Waals surface area contributed by atoms with Crippen molar-refractivity contribution in [3.8, 4) is 11.3 Å². The molecule has 0 unspecified atom stereocenters. The molecule has 2 saturated carbocycles. The van der Waals surface area contributed by atoms with E-state index in [2.05, 4.69) is 81.5 Å². The normalized spacial score (nSPS) is 22.3. The van der Waals surface area contributed by atoms with Crippen molar-refractivity contribution >= 4 is 24.0 Å². The van der Waals surface area contributed by atoms with Crippen molar-refractivity contribution in [2.24, 2.45) is 12.5 Å². The minimum atomic E-state index is -1.41. The van der Waals surface area contributed by atoms with Crippen LogP contribution in [0.2, 0.25) is 18.6 Å². The molecule has 0 amide bonds. The third kappa shape index (κ3) is 5.40. The van der Waals surface area contributed by atoms with Crippen LogP contribution in [0.15, 0.2) is 42.6 Å². The lowest BCUT2D eigenvalue weighted by atomic mass is 9.76. The molecule has 2 aromatic carbocycles. The number of nitrogens with zero attached hydrogens (tertiary/aromatic N) is 1. The standard InChI is InChI=1S/C37H52NSi/c1-27-34(29-14-10-7-11-15-29)25-31(28-12-8-6-9-13-28)26-35(27)36-33-17-16-32(24-30(33)18-21-38(36)4)39(5)22-19-37(2,3)20-23-39/h16-18,21,24-26,28-29H,6-15,19-20,22-23H2,1-5H3/q+1. The molecule has 208 valence electrons. The maximum absolute atomic E-state index is 2.67.